The highest BCUT2D eigenvalue weighted by atomic mass is 16.8. The van der Waals surface area contributed by atoms with E-state index in [9.17, 15) is 19.7 Å². The molecule has 0 amide bonds. The number of fused-ring (bicyclic) bond motifs is 1. The number of hydrogen-bond acceptors (Lipinski definition) is 10. The summed E-state index contributed by atoms with van der Waals surface area (Å²) in [5.41, 5.74) is 0.0263. The van der Waals surface area contributed by atoms with Crippen molar-refractivity contribution in [3.8, 4) is 0 Å². The molecule has 1 aromatic carbocycles. The predicted molar refractivity (Wildman–Crippen MR) is 93.4 cm³/mol. The second kappa shape index (κ2) is 8.82. The molecular weight excluding hydrogens is 390 g/mol. The fourth-order valence-corrected chi connectivity index (χ4v) is 3.39. The molecule has 11 heteroatoms. The zero-order valence-corrected chi connectivity index (χ0v) is 16.0. The van der Waals surface area contributed by atoms with Gasteiger partial charge in [0.15, 0.2) is 24.8 Å². The molecule has 2 saturated heterocycles. The monoisotopic (exact) mass is 411 g/mol. The Morgan fingerprint density at radius 1 is 1.10 bits per heavy atom. The van der Waals surface area contributed by atoms with Crippen LogP contribution < -0.4 is 0 Å². The molecular formula is C18H21NO10. The summed E-state index contributed by atoms with van der Waals surface area (Å²) in [5, 5.41) is 11.3. The van der Waals surface area contributed by atoms with Gasteiger partial charge in [0, 0.05) is 27.0 Å². The number of hydrogen-bond donors (Lipinski definition) is 0. The molecule has 2 fully saturated rings. The summed E-state index contributed by atoms with van der Waals surface area (Å²) >= 11 is 0. The van der Waals surface area contributed by atoms with Crippen LogP contribution in [0.25, 0.3) is 0 Å². The topological polar surface area (TPSA) is 133 Å². The Hall–Kier alpha value is -2.60. The van der Waals surface area contributed by atoms with Crippen molar-refractivity contribution in [1.29, 1.82) is 0 Å². The first kappa shape index (κ1) is 21.1. The molecule has 29 heavy (non-hydrogen) atoms. The summed E-state index contributed by atoms with van der Waals surface area (Å²) in [6, 6.07) is 5.98. The van der Waals surface area contributed by atoms with Gasteiger partial charge < -0.3 is 28.4 Å². The van der Waals surface area contributed by atoms with Gasteiger partial charge >= 0.3 is 11.9 Å². The molecule has 2 aliphatic rings. The van der Waals surface area contributed by atoms with Crippen LogP contribution in [0.1, 0.15) is 25.7 Å². The molecule has 158 valence electrons. The van der Waals surface area contributed by atoms with Crippen molar-refractivity contribution in [3.05, 3.63) is 39.9 Å². The van der Waals surface area contributed by atoms with Gasteiger partial charge in [0.2, 0.25) is 0 Å². The lowest BCUT2D eigenvalue weighted by Crippen LogP contribution is -2.64. The van der Waals surface area contributed by atoms with E-state index in [0.29, 0.717) is 0 Å². The van der Waals surface area contributed by atoms with E-state index in [-0.39, 0.29) is 17.9 Å². The summed E-state index contributed by atoms with van der Waals surface area (Å²) in [6.07, 6.45) is -5.89. The molecule has 2 aliphatic heterocycles. The number of carbonyl (C=O) groups is 2. The van der Waals surface area contributed by atoms with Crippen LogP contribution >= 0.6 is 0 Å². The number of methoxy groups -OCH3 is 1. The van der Waals surface area contributed by atoms with Crippen LogP contribution in [-0.4, -0.2) is 61.3 Å². The summed E-state index contributed by atoms with van der Waals surface area (Å²) in [6.45, 7) is 2.40. The summed E-state index contributed by atoms with van der Waals surface area (Å²) < 4.78 is 33.2. The Kier molecular flexibility index (Phi) is 6.42. The number of para-hydroxylation sites is 1. The molecule has 0 unspecified atom stereocenters. The van der Waals surface area contributed by atoms with Gasteiger partial charge in [0.1, 0.15) is 12.2 Å². The minimum atomic E-state index is -1.10. The number of carbonyl (C=O) groups excluding carboxylic acids is 2. The molecule has 0 N–H and O–H groups in total. The zero-order valence-electron chi connectivity index (χ0n) is 16.0. The minimum Gasteiger partial charge on any atom is -0.455 e. The number of ether oxygens (including phenoxy) is 6. The van der Waals surface area contributed by atoms with Crippen LogP contribution in [0.2, 0.25) is 0 Å². The van der Waals surface area contributed by atoms with Gasteiger partial charge in [-0.1, -0.05) is 12.1 Å². The molecule has 3 rings (SSSR count). The standard InChI is InChI=1S/C18H21NO10/c1-9(20)26-15-14-13(28-18(24-3)16(15)27-10(2)21)8-25-17(29-14)11-6-4-5-7-12(11)19(22)23/h4-7,13-18H,8H2,1-3H3/t13-,14-,15+,16-,17-,18+/m1/s1. The van der Waals surface area contributed by atoms with Crippen molar-refractivity contribution >= 4 is 17.6 Å². The SMILES string of the molecule is CO[C@H]1O[C@@H]2CO[C@@H](c3ccccc3[N+](=O)[O-])O[C@H]2[C@H](OC(C)=O)[C@H]1OC(C)=O. The minimum absolute atomic E-state index is 0.00814. The van der Waals surface area contributed by atoms with Crippen molar-refractivity contribution < 1.29 is 42.9 Å². The molecule has 0 bridgehead atoms. The highest BCUT2D eigenvalue weighted by Crippen LogP contribution is 2.38. The van der Waals surface area contributed by atoms with Crippen LogP contribution in [0.5, 0.6) is 0 Å². The maximum atomic E-state index is 11.7. The number of esters is 2. The van der Waals surface area contributed by atoms with Crippen molar-refractivity contribution in [3.63, 3.8) is 0 Å². The average molecular weight is 411 g/mol. The van der Waals surface area contributed by atoms with E-state index < -0.39 is 53.9 Å². The Balaban J connectivity index is 1.91. The lowest BCUT2D eigenvalue weighted by atomic mass is 9.97. The Bertz CT molecular complexity index is 784. The maximum Gasteiger partial charge on any atom is 0.303 e. The van der Waals surface area contributed by atoms with Crippen molar-refractivity contribution in [1.82, 2.24) is 0 Å². The second-order valence-electron chi connectivity index (χ2n) is 6.51. The van der Waals surface area contributed by atoms with E-state index >= 15 is 0 Å². The van der Waals surface area contributed by atoms with Crippen molar-refractivity contribution in [2.24, 2.45) is 0 Å². The smallest absolute Gasteiger partial charge is 0.303 e. The highest BCUT2D eigenvalue weighted by molar-refractivity contribution is 5.67. The van der Waals surface area contributed by atoms with Gasteiger partial charge in [0.25, 0.3) is 5.69 Å². The first-order valence-electron chi connectivity index (χ1n) is 8.85. The van der Waals surface area contributed by atoms with Crippen LogP contribution in [-0.2, 0) is 38.0 Å². The van der Waals surface area contributed by atoms with Crippen LogP contribution in [0.15, 0.2) is 24.3 Å². The lowest BCUT2D eigenvalue weighted by Gasteiger charge is -2.47. The van der Waals surface area contributed by atoms with Gasteiger partial charge in [0.05, 0.1) is 17.1 Å². The van der Waals surface area contributed by atoms with Gasteiger partial charge in [-0.3, -0.25) is 19.7 Å². The number of nitrogens with zero attached hydrogens (tertiary/aromatic N) is 1. The van der Waals surface area contributed by atoms with E-state index in [1.807, 2.05) is 0 Å². The zero-order chi connectivity index (χ0) is 21.1. The Labute approximate surface area is 165 Å². The third-order valence-corrected chi connectivity index (χ3v) is 4.51. The van der Waals surface area contributed by atoms with Crippen molar-refractivity contribution in [2.75, 3.05) is 13.7 Å². The Morgan fingerprint density at radius 3 is 2.38 bits per heavy atom. The average Bonchev–Trinajstić information content (AvgIpc) is 2.68. The van der Waals surface area contributed by atoms with Crippen LogP contribution in [0.3, 0.4) is 0 Å². The van der Waals surface area contributed by atoms with Gasteiger partial charge in [-0.05, 0) is 6.07 Å². The molecule has 11 nitrogen and oxygen atoms in total. The number of benzene rings is 1. The first-order chi connectivity index (χ1) is 13.8. The number of nitro benzene ring substituents is 1. The predicted octanol–water partition coefficient (Wildman–Crippen LogP) is 1.24. The van der Waals surface area contributed by atoms with Crippen molar-refractivity contribution in [2.45, 2.75) is 50.8 Å². The fraction of sp³-hybridized carbons (Fsp3) is 0.556. The molecule has 0 radical (unpaired) electrons. The normalized spacial score (nSPS) is 31.4. The maximum absolute atomic E-state index is 11.7. The molecule has 0 saturated carbocycles. The van der Waals surface area contributed by atoms with Gasteiger partial charge in [-0.2, -0.15) is 0 Å². The largest absolute Gasteiger partial charge is 0.455 e. The second-order valence-corrected chi connectivity index (χ2v) is 6.51. The summed E-state index contributed by atoms with van der Waals surface area (Å²) in [7, 11) is 1.35. The lowest BCUT2D eigenvalue weighted by molar-refractivity contribution is -0.391. The summed E-state index contributed by atoms with van der Waals surface area (Å²) in [5.74, 6) is -1.25. The number of rotatable bonds is 5. The van der Waals surface area contributed by atoms with E-state index in [1.165, 1.54) is 39.2 Å². The quantitative estimate of drug-likeness (QED) is 0.396. The Morgan fingerprint density at radius 2 is 1.76 bits per heavy atom. The molecule has 6 atom stereocenters. The van der Waals surface area contributed by atoms with E-state index in [1.54, 1.807) is 6.07 Å². The number of nitro groups is 1. The summed E-state index contributed by atoms with van der Waals surface area (Å²) in [4.78, 5) is 34.0. The van der Waals surface area contributed by atoms with Crippen LogP contribution in [0.4, 0.5) is 5.69 Å². The van der Waals surface area contributed by atoms with Gasteiger partial charge in [-0.25, -0.2) is 0 Å². The highest BCUT2D eigenvalue weighted by Gasteiger charge is 2.54. The molecule has 0 spiro atoms. The van der Waals surface area contributed by atoms with E-state index in [0.717, 1.165) is 0 Å². The molecule has 0 aromatic heterocycles. The van der Waals surface area contributed by atoms with Crippen LogP contribution in [0, 0.1) is 10.1 Å². The fourth-order valence-electron chi connectivity index (χ4n) is 3.39. The molecule has 0 aliphatic carbocycles. The molecule has 1 aromatic rings. The third-order valence-electron chi connectivity index (χ3n) is 4.51. The third kappa shape index (κ3) is 4.53. The van der Waals surface area contributed by atoms with E-state index in [2.05, 4.69) is 0 Å². The van der Waals surface area contributed by atoms with Gasteiger partial charge in [-0.15, -0.1) is 0 Å². The van der Waals surface area contributed by atoms with E-state index in [4.69, 9.17) is 28.4 Å². The molecule has 2 heterocycles. The first-order valence-corrected chi connectivity index (χ1v) is 8.85.